The number of aliphatic hydroxyl groups excluding tert-OH is 1. The lowest BCUT2D eigenvalue weighted by Gasteiger charge is -2.28. The highest BCUT2D eigenvalue weighted by atomic mass is 31.2. The van der Waals surface area contributed by atoms with Gasteiger partial charge in [0.25, 0.3) is 5.85 Å². The second-order valence-electron chi connectivity index (χ2n) is 11.2. The van der Waals surface area contributed by atoms with Crippen molar-refractivity contribution in [3.8, 4) is 5.75 Å². The fourth-order valence-corrected chi connectivity index (χ4v) is 6.61. The van der Waals surface area contributed by atoms with Crippen LogP contribution in [0.15, 0.2) is 36.7 Å². The SMILES string of the molecule is CC(C)OC(=O)[C@H](C)NP(=O)(OC[C@@]1(F)O[C@@H](n2cnc3c(N4CCCC4)nc(N)nc32)[C@](C)(F)[C@@H]1O)Oc1ccccc1. The summed E-state index contributed by atoms with van der Waals surface area (Å²) in [5, 5.41) is 13.3. The zero-order valence-corrected chi connectivity index (χ0v) is 25.6. The minimum Gasteiger partial charge on any atom is -0.462 e. The minimum atomic E-state index is -4.57. The largest absolute Gasteiger partial charge is 0.462 e. The van der Waals surface area contributed by atoms with E-state index in [0.29, 0.717) is 11.3 Å². The van der Waals surface area contributed by atoms with Crippen LogP contribution in [0.1, 0.15) is 46.8 Å². The molecule has 0 spiro atoms. The molecule has 0 amide bonds. The van der Waals surface area contributed by atoms with E-state index in [1.54, 1.807) is 32.0 Å². The van der Waals surface area contributed by atoms with Gasteiger partial charge in [0.05, 0.1) is 12.4 Å². The fraction of sp³-hybridized carbons (Fsp3) is 0.556. The monoisotopic (exact) mass is 639 g/mol. The van der Waals surface area contributed by atoms with Gasteiger partial charge in [-0.3, -0.25) is 13.9 Å². The van der Waals surface area contributed by atoms with E-state index in [4.69, 9.17) is 24.3 Å². The van der Waals surface area contributed by atoms with E-state index in [1.807, 2.05) is 4.90 Å². The van der Waals surface area contributed by atoms with Crippen molar-refractivity contribution in [2.45, 2.75) is 76.5 Å². The van der Waals surface area contributed by atoms with Crippen molar-refractivity contribution in [1.82, 2.24) is 24.6 Å². The average molecular weight is 640 g/mol. The Morgan fingerprint density at radius 1 is 1.23 bits per heavy atom. The second kappa shape index (κ2) is 12.2. The molecule has 2 aliphatic rings. The first-order chi connectivity index (χ1) is 20.7. The molecule has 240 valence electrons. The highest BCUT2D eigenvalue weighted by molar-refractivity contribution is 7.52. The van der Waals surface area contributed by atoms with Crippen LogP contribution in [0, 0.1) is 0 Å². The molecule has 0 radical (unpaired) electrons. The number of carbonyl (C=O) groups excluding carboxylic acids is 1. The quantitative estimate of drug-likeness (QED) is 0.206. The van der Waals surface area contributed by atoms with Gasteiger partial charge in [0.15, 0.2) is 35.0 Å². The Morgan fingerprint density at radius 2 is 1.91 bits per heavy atom. The number of carbonyl (C=O) groups is 1. The number of nitrogen functional groups attached to an aromatic ring is 1. The van der Waals surface area contributed by atoms with Crippen molar-refractivity contribution in [1.29, 1.82) is 0 Å². The number of alkyl halides is 2. The molecule has 2 fully saturated rings. The molecule has 5 rings (SSSR count). The smallest absolute Gasteiger partial charge is 0.459 e. The van der Waals surface area contributed by atoms with Gasteiger partial charge < -0.3 is 29.7 Å². The topological polar surface area (TPSA) is 176 Å². The molecule has 0 bridgehead atoms. The Bertz CT molecular complexity index is 1540. The van der Waals surface area contributed by atoms with Crippen molar-refractivity contribution in [3.63, 3.8) is 0 Å². The molecule has 14 nitrogen and oxygen atoms in total. The summed E-state index contributed by atoms with van der Waals surface area (Å²) in [5.41, 5.74) is 3.57. The summed E-state index contributed by atoms with van der Waals surface area (Å²) >= 11 is 0. The van der Waals surface area contributed by atoms with Crippen molar-refractivity contribution >= 4 is 36.6 Å². The van der Waals surface area contributed by atoms with Crippen LogP contribution in [0.5, 0.6) is 5.75 Å². The van der Waals surface area contributed by atoms with E-state index in [1.165, 1.54) is 25.4 Å². The Kier molecular flexibility index (Phi) is 8.84. The summed E-state index contributed by atoms with van der Waals surface area (Å²) in [4.78, 5) is 27.2. The molecule has 0 saturated carbocycles. The van der Waals surface area contributed by atoms with E-state index in [0.717, 1.165) is 37.4 Å². The number of benzene rings is 1. The number of fused-ring (bicyclic) bond motifs is 1. The van der Waals surface area contributed by atoms with Gasteiger partial charge in [0.2, 0.25) is 5.95 Å². The fourth-order valence-electron chi connectivity index (χ4n) is 5.11. The summed E-state index contributed by atoms with van der Waals surface area (Å²) in [7, 11) is -4.57. The number of ether oxygens (including phenoxy) is 2. The molecular weight excluding hydrogens is 603 g/mol. The number of nitrogens with two attached hydrogens (primary N) is 1. The number of anilines is 2. The van der Waals surface area contributed by atoms with Crippen LogP contribution in [-0.4, -0.2) is 80.1 Å². The zero-order valence-electron chi connectivity index (χ0n) is 24.7. The van der Waals surface area contributed by atoms with Crippen molar-refractivity contribution in [3.05, 3.63) is 36.7 Å². The lowest BCUT2D eigenvalue weighted by atomic mass is 9.97. The van der Waals surface area contributed by atoms with Gasteiger partial charge in [0.1, 0.15) is 18.4 Å². The van der Waals surface area contributed by atoms with Gasteiger partial charge in [-0.2, -0.15) is 15.1 Å². The normalized spacial score (nSPS) is 27.5. The van der Waals surface area contributed by atoms with Crippen LogP contribution in [0.4, 0.5) is 20.5 Å². The molecule has 1 unspecified atom stereocenters. The predicted octanol–water partition coefficient (Wildman–Crippen LogP) is 3.43. The summed E-state index contributed by atoms with van der Waals surface area (Å²) < 4.78 is 69.0. The van der Waals surface area contributed by atoms with E-state index in [9.17, 15) is 14.5 Å². The first kappa shape index (κ1) is 32.0. The van der Waals surface area contributed by atoms with Crippen LogP contribution >= 0.6 is 7.75 Å². The maximum atomic E-state index is 16.4. The Hall–Kier alpha value is -3.43. The number of hydrogen-bond acceptors (Lipinski definition) is 12. The lowest BCUT2D eigenvalue weighted by molar-refractivity contribution is -0.202. The standard InChI is InChI=1S/C27H36F2N7O7P/c1-16(2)41-22(37)17(3)34-44(39,43-18-10-6-5-7-11-18)40-14-27(29)23(38)26(4,28)24(42-27)36-15-31-19-20(35-12-8-9-13-35)32-25(30)33-21(19)36/h5-7,10-11,15-17,23-24,38H,8-9,12-14H2,1-4H3,(H,34,39)(H2,30,32,33)/t17-,23-,24+,26+,27+,44?/m0/s1. The Morgan fingerprint density at radius 3 is 2.57 bits per heavy atom. The highest BCUT2D eigenvalue weighted by Gasteiger charge is 2.65. The molecule has 2 aromatic heterocycles. The molecule has 0 aliphatic carbocycles. The van der Waals surface area contributed by atoms with Crippen LogP contribution in [0.3, 0.4) is 0 Å². The number of nitrogens with one attached hydrogen (secondary N) is 1. The first-order valence-electron chi connectivity index (χ1n) is 14.2. The van der Waals surface area contributed by atoms with E-state index in [-0.39, 0.29) is 17.3 Å². The zero-order chi connectivity index (χ0) is 31.9. The maximum Gasteiger partial charge on any atom is 0.459 e. The number of imidazole rings is 1. The summed E-state index contributed by atoms with van der Waals surface area (Å²) in [6.07, 6.45) is -1.60. The summed E-state index contributed by atoms with van der Waals surface area (Å²) in [6, 6.07) is 6.58. The van der Waals surface area contributed by atoms with Crippen LogP contribution in [0.25, 0.3) is 11.2 Å². The second-order valence-corrected chi connectivity index (χ2v) is 12.9. The molecule has 44 heavy (non-hydrogen) atoms. The number of esters is 1. The van der Waals surface area contributed by atoms with Gasteiger partial charge in [0, 0.05) is 13.1 Å². The third-order valence-electron chi connectivity index (χ3n) is 7.27. The molecule has 6 atom stereocenters. The van der Waals surface area contributed by atoms with E-state index >= 15 is 8.78 Å². The third kappa shape index (κ3) is 6.35. The maximum absolute atomic E-state index is 16.4. The lowest BCUT2D eigenvalue weighted by Crippen LogP contribution is -2.47. The first-order valence-corrected chi connectivity index (χ1v) is 15.7. The number of aliphatic hydroxyl groups is 1. The number of nitrogens with zero attached hydrogens (tertiary/aromatic N) is 5. The highest BCUT2D eigenvalue weighted by Crippen LogP contribution is 2.52. The van der Waals surface area contributed by atoms with Gasteiger partial charge in [-0.1, -0.05) is 18.2 Å². The Labute approximate surface area is 252 Å². The van der Waals surface area contributed by atoms with Crippen LogP contribution in [0.2, 0.25) is 0 Å². The molecule has 2 aliphatic heterocycles. The van der Waals surface area contributed by atoms with Crippen molar-refractivity contribution < 1.29 is 41.8 Å². The van der Waals surface area contributed by atoms with Crippen molar-refractivity contribution in [2.75, 3.05) is 30.3 Å². The van der Waals surface area contributed by atoms with Gasteiger partial charge in [-0.25, -0.2) is 18.3 Å². The predicted molar refractivity (Wildman–Crippen MR) is 155 cm³/mol. The molecular formula is C27H36F2N7O7P. The third-order valence-corrected chi connectivity index (χ3v) is 8.89. The molecule has 17 heteroatoms. The summed E-state index contributed by atoms with van der Waals surface area (Å²) in [5.74, 6) is -3.60. The van der Waals surface area contributed by atoms with Gasteiger partial charge in [-0.15, -0.1) is 0 Å². The van der Waals surface area contributed by atoms with Crippen LogP contribution < -0.4 is 20.2 Å². The van der Waals surface area contributed by atoms with Crippen LogP contribution in [-0.2, 0) is 23.4 Å². The molecule has 4 heterocycles. The van der Waals surface area contributed by atoms with Gasteiger partial charge >= 0.3 is 13.7 Å². The van der Waals surface area contributed by atoms with E-state index < -0.39 is 56.3 Å². The number of para-hydroxylation sites is 1. The molecule has 3 aromatic rings. The number of aromatic nitrogens is 4. The number of hydrogen-bond donors (Lipinski definition) is 3. The number of rotatable bonds is 11. The number of halogens is 2. The Balaban J connectivity index is 1.41. The summed E-state index contributed by atoms with van der Waals surface area (Å²) in [6.45, 7) is 5.75. The minimum absolute atomic E-state index is 0.0673. The van der Waals surface area contributed by atoms with Crippen molar-refractivity contribution in [2.24, 2.45) is 0 Å². The van der Waals surface area contributed by atoms with Gasteiger partial charge in [-0.05, 0) is 52.7 Å². The van der Waals surface area contributed by atoms with E-state index in [2.05, 4.69) is 20.0 Å². The average Bonchev–Trinajstić information content (AvgIpc) is 3.68. The molecule has 4 N–H and O–H groups in total. The molecule has 1 aromatic carbocycles. The molecule has 2 saturated heterocycles.